The van der Waals surface area contributed by atoms with Crippen LogP contribution in [0.15, 0.2) is 23.1 Å². The number of carbonyl (C=O) groups excluding carboxylic acids is 1. The maximum absolute atomic E-state index is 13.3. The van der Waals surface area contributed by atoms with Gasteiger partial charge in [-0.15, -0.1) is 11.8 Å². The third-order valence-corrected chi connectivity index (χ3v) is 4.45. The van der Waals surface area contributed by atoms with E-state index in [9.17, 15) is 14.0 Å². The highest BCUT2D eigenvalue weighted by molar-refractivity contribution is 8.00. The topological polar surface area (TPSA) is 54.4 Å². The number of carbonyl (C=O) groups is 2. The van der Waals surface area contributed by atoms with Gasteiger partial charge in [-0.1, -0.05) is 68.4 Å². The molecule has 0 heterocycles. The van der Waals surface area contributed by atoms with E-state index in [0.717, 1.165) is 23.7 Å². The van der Waals surface area contributed by atoms with Crippen LogP contribution in [-0.2, 0) is 4.79 Å². The van der Waals surface area contributed by atoms with Crippen LogP contribution in [0.2, 0.25) is 0 Å². The summed E-state index contributed by atoms with van der Waals surface area (Å²) in [6, 6.07) is 4.02. The first-order chi connectivity index (χ1) is 11.9. The molecule has 0 radical (unpaired) electrons. The van der Waals surface area contributed by atoms with Crippen molar-refractivity contribution in [2.75, 3.05) is 5.75 Å². The van der Waals surface area contributed by atoms with Crippen molar-refractivity contribution in [2.24, 2.45) is 11.3 Å². The number of carboxylic acid groups (broad SMARTS) is 1. The Balaban J connectivity index is -0.000000405. The average molecular weight is 389 g/mol. The van der Waals surface area contributed by atoms with Crippen molar-refractivity contribution in [2.45, 2.75) is 74.1 Å². The largest absolute Gasteiger partial charge is 0.481 e. The first-order valence-electron chi connectivity index (χ1n) is 9.10. The number of Topliss-reactive ketones (excluding diaryl/α,β-unsaturated/α-hetero) is 1. The van der Waals surface area contributed by atoms with E-state index in [1.165, 1.54) is 19.1 Å². The molecule has 0 bridgehead atoms. The van der Waals surface area contributed by atoms with Crippen LogP contribution in [-0.4, -0.2) is 22.6 Å². The summed E-state index contributed by atoms with van der Waals surface area (Å²) in [5, 5.41) is 8.41. The fourth-order valence-corrected chi connectivity index (χ4v) is 1.62. The van der Waals surface area contributed by atoms with E-state index in [1.807, 2.05) is 27.7 Å². The Hall–Kier alpha value is -1.36. The van der Waals surface area contributed by atoms with Gasteiger partial charge in [0.05, 0.1) is 5.75 Å². The van der Waals surface area contributed by atoms with Gasteiger partial charge < -0.3 is 5.11 Å². The highest BCUT2D eigenvalue weighted by Crippen LogP contribution is 2.24. The van der Waals surface area contributed by atoms with Gasteiger partial charge in [0.2, 0.25) is 0 Å². The van der Waals surface area contributed by atoms with Gasteiger partial charge in [0.25, 0.3) is 0 Å². The third kappa shape index (κ3) is 14.9. The van der Waals surface area contributed by atoms with Crippen LogP contribution in [0, 0.1) is 17.2 Å². The van der Waals surface area contributed by atoms with Gasteiger partial charge in [0.1, 0.15) is 5.82 Å². The van der Waals surface area contributed by atoms with Crippen molar-refractivity contribution in [1.82, 2.24) is 0 Å². The Morgan fingerprint density at radius 2 is 1.54 bits per heavy atom. The lowest BCUT2D eigenvalue weighted by molar-refractivity contribution is -0.133. The monoisotopic (exact) mass is 388 g/mol. The lowest BCUT2D eigenvalue weighted by Crippen LogP contribution is -2.12. The second kappa shape index (κ2) is 15.9. The fourth-order valence-electron chi connectivity index (χ4n) is 0.976. The Kier molecular flexibility index (Phi) is 17.9. The van der Waals surface area contributed by atoms with E-state index in [2.05, 4.69) is 34.6 Å². The second-order valence-corrected chi connectivity index (χ2v) is 7.42. The second-order valence-electron chi connectivity index (χ2n) is 6.40. The van der Waals surface area contributed by atoms with Gasteiger partial charge in [0, 0.05) is 10.5 Å². The van der Waals surface area contributed by atoms with Crippen molar-refractivity contribution in [1.29, 1.82) is 0 Å². The molecule has 0 spiro atoms. The molecule has 1 N–H and O–H groups in total. The molecule has 0 atom stereocenters. The van der Waals surface area contributed by atoms with Crippen LogP contribution >= 0.6 is 11.8 Å². The van der Waals surface area contributed by atoms with Crippen LogP contribution in [0.4, 0.5) is 4.39 Å². The minimum Gasteiger partial charge on any atom is -0.481 e. The first-order valence-corrected chi connectivity index (χ1v) is 10.1. The molecule has 1 rings (SSSR count). The molecule has 0 unspecified atom stereocenters. The molecule has 152 valence electrons. The molecule has 1 aromatic carbocycles. The Morgan fingerprint density at radius 3 is 1.81 bits per heavy atom. The molecule has 0 aliphatic heterocycles. The quantitative estimate of drug-likeness (QED) is 0.448. The van der Waals surface area contributed by atoms with E-state index < -0.39 is 11.8 Å². The summed E-state index contributed by atoms with van der Waals surface area (Å²) in [7, 11) is 0. The summed E-state index contributed by atoms with van der Waals surface area (Å²) < 4.78 is 13.3. The van der Waals surface area contributed by atoms with Crippen molar-refractivity contribution < 1.29 is 19.1 Å². The lowest BCUT2D eigenvalue weighted by Gasteiger charge is -2.22. The standard InChI is InChI=1S/C10H9FO3S.C7H16.2C2H6/c1-6(12)7-2-3-9(8(11)4-7)15-5-10(13)14;1-6(2)7(3,4)5;2*1-2/h2-4H,5H2,1H3,(H,13,14);6H,1-5H3;2*1-2H3. The van der Waals surface area contributed by atoms with Crippen molar-refractivity contribution >= 4 is 23.5 Å². The number of carboxylic acids is 1. The summed E-state index contributed by atoms with van der Waals surface area (Å²) in [6.07, 6.45) is 0. The van der Waals surface area contributed by atoms with Crippen LogP contribution in [0.3, 0.4) is 0 Å². The highest BCUT2D eigenvalue weighted by atomic mass is 32.2. The summed E-state index contributed by atoms with van der Waals surface area (Å²) in [5.74, 6) is -1.18. The molecule has 26 heavy (non-hydrogen) atoms. The minimum atomic E-state index is -1.00. The van der Waals surface area contributed by atoms with Gasteiger partial charge in [-0.3, -0.25) is 9.59 Å². The number of halogens is 1. The number of ketones is 1. The SMILES string of the molecule is CC.CC.CC(=O)c1ccc(SCC(=O)O)c(F)c1.CC(C)C(C)(C)C. The predicted octanol–water partition coefficient (Wildman–Crippen LogP) is 6.95. The van der Waals surface area contributed by atoms with Crippen LogP contribution in [0.1, 0.15) is 79.6 Å². The molecular weight excluding hydrogens is 351 g/mol. The molecule has 0 saturated carbocycles. The molecule has 0 saturated heterocycles. The molecule has 0 fully saturated rings. The smallest absolute Gasteiger partial charge is 0.313 e. The Bertz CT molecular complexity index is 520. The molecule has 0 aromatic heterocycles. The Morgan fingerprint density at radius 1 is 1.12 bits per heavy atom. The molecule has 0 aliphatic rings. The molecule has 0 amide bonds. The minimum absolute atomic E-state index is 0.198. The molecule has 5 heteroatoms. The number of benzene rings is 1. The molecule has 3 nitrogen and oxygen atoms in total. The van der Waals surface area contributed by atoms with E-state index in [0.29, 0.717) is 5.41 Å². The van der Waals surface area contributed by atoms with Gasteiger partial charge >= 0.3 is 5.97 Å². The van der Waals surface area contributed by atoms with Crippen molar-refractivity contribution in [3.63, 3.8) is 0 Å². The maximum Gasteiger partial charge on any atom is 0.313 e. The van der Waals surface area contributed by atoms with Gasteiger partial charge in [-0.05, 0) is 30.4 Å². The van der Waals surface area contributed by atoms with E-state index in [4.69, 9.17) is 5.11 Å². The normalized spacial score (nSPS) is 9.69. The zero-order valence-electron chi connectivity index (χ0n) is 18.1. The summed E-state index contributed by atoms with van der Waals surface area (Å²) in [5.41, 5.74) is 0.784. The van der Waals surface area contributed by atoms with Crippen LogP contribution in [0.5, 0.6) is 0 Å². The van der Waals surface area contributed by atoms with Crippen molar-refractivity contribution in [3.8, 4) is 0 Å². The lowest BCUT2D eigenvalue weighted by atomic mass is 9.84. The number of aliphatic carboxylic acids is 1. The first kappa shape index (κ1) is 29.4. The zero-order chi connectivity index (χ0) is 21.5. The summed E-state index contributed by atoms with van der Waals surface area (Å²) in [4.78, 5) is 21.4. The maximum atomic E-state index is 13.3. The predicted molar refractivity (Wildman–Crippen MR) is 112 cm³/mol. The third-order valence-electron chi connectivity index (χ3n) is 3.42. The summed E-state index contributed by atoms with van der Waals surface area (Å²) in [6.45, 7) is 20.6. The van der Waals surface area contributed by atoms with Gasteiger partial charge in [-0.2, -0.15) is 0 Å². The molecule has 1 aromatic rings. The van der Waals surface area contributed by atoms with Crippen LogP contribution < -0.4 is 0 Å². The number of thioether (sulfide) groups is 1. The number of rotatable bonds is 4. The summed E-state index contributed by atoms with van der Waals surface area (Å²) >= 11 is 0.890. The Labute approximate surface area is 163 Å². The number of hydrogen-bond acceptors (Lipinski definition) is 3. The van der Waals surface area contributed by atoms with E-state index >= 15 is 0 Å². The zero-order valence-corrected chi connectivity index (χ0v) is 18.9. The van der Waals surface area contributed by atoms with Gasteiger partial charge in [-0.25, -0.2) is 4.39 Å². The molecule has 0 aliphatic carbocycles. The van der Waals surface area contributed by atoms with Gasteiger partial charge in [0.15, 0.2) is 5.78 Å². The highest BCUT2D eigenvalue weighted by Gasteiger charge is 2.13. The molecular formula is C21H37FO3S. The van der Waals surface area contributed by atoms with Crippen LogP contribution in [0.25, 0.3) is 0 Å². The fraction of sp³-hybridized carbons (Fsp3) is 0.619. The average Bonchev–Trinajstić information content (AvgIpc) is 2.56. The van der Waals surface area contributed by atoms with E-state index in [1.54, 1.807) is 0 Å². The van der Waals surface area contributed by atoms with E-state index in [-0.39, 0.29) is 22.0 Å². The number of hydrogen-bond donors (Lipinski definition) is 1. The van der Waals surface area contributed by atoms with Crippen molar-refractivity contribution in [3.05, 3.63) is 29.6 Å².